The Morgan fingerprint density at radius 3 is 2.41 bits per heavy atom. The van der Waals surface area contributed by atoms with E-state index in [1.54, 1.807) is 11.8 Å². The van der Waals surface area contributed by atoms with E-state index in [9.17, 15) is 13.2 Å². The SMILES string of the molecule is COc1ncnc(C2CC2)c1-c1ncnc(N[C@H](C)C2CCC(n3nc(C(F)(F)F)cc3C(C)C)C3CCC2C3)n1. The van der Waals surface area contributed by atoms with Gasteiger partial charge in [0.25, 0.3) is 0 Å². The summed E-state index contributed by atoms with van der Waals surface area (Å²) in [5, 5.41) is 7.65. The van der Waals surface area contributed by atoms with Crippen LogP contribution in [0.5, 0.6) is 5.88 Å². The van der Waals surface area contributed by atoms with Crippen LogP contribution in [0.3, 0.4) is 0 Å². The minimum Gasteiger partial charge on any atom is -0.480 e. The van der Waals surface area contributed by atoms with Gasteiger partial charge in [0.2, 0.25) is 11.8 Å². The van der Waals surface area contributed by atoms with Gasteiger partial charge < -0.3 is 10.1 Å². The number of hydrogen-bond acceptors (Lipinski definition) is 8. The van der Waals surface area contributed by atoms with Gasteiger partial charge in [-0.3, -0.25) is 4.68 Å². The molecule has 41 heavy (non-hydrogen) atoms. The zero-order valence-electron chi connectivity index (χ0n) is 23.9. The molecule has 3 fully saturated rings. The van der Waals surface area contributed by atoms with Gasteiger partial charge in [-0.25, -0.2) is 19.9 Å². The molecule has 2 bridgehead atoms. The molecule has 12 heteroatoms. The summed E-state index contributed by atoms with van der Waals surface area (Å²) in [7, 11) is 1.58. The molecule has 3 saturated carbocycles. The van der Waals surface area contributed by atoms with Crippen molar-refractivity contribution in [3.8, 4) is 17.3 Å². The maximum absolute atomic E-state index is 13.6. The van der Waals surface area contributed by atoms with Crippen LogP contribution in [0, 0.1) is 17.8 Å². The molecule has 5 atom stereocenters. The number of halogens is 3. The van der Waals surface area contributed by atoms with Gasteiger partial charge in [0, 0.05) is 17.7 Å². The lowest BCUT2D eigenvalue weighted by Crippen LogP contribution is -2.31. The number of aromatic nitrogens is 7. The molecule has 4 unspecified atom stereocenters. The second-order valence-corrected chi connectivity index (χ2v) is 12.2. The van der Waals surface area contributed by atoms with E-state index in [4.69, 9.17) is 9.72 Å². The number of ether oxygens (including phenoxy) is 1. The van der Waals surface area contributed by atoms with Gasteiger partial charge in [-0.1, -0.05) is 13.8 Å². The van der Waals surface area contributed by atoms with Gasteiger partial charge in [-0.15, -0.1) is 0 Å². The van der Waals surface area contributed by atoms with Crippen molar-refractivity contribution in [2.75, 3.05) is 12.4 Å². The maximum atomic E-state index is 13.6. The minimum absolute atomic E-state index is 0.0270. The Hall–Kier alpha value is -3.31. The fourth-order valence-electron chi connectivity index (χ4n) is 7.06. The van der Waals surface area contributed by atoms with Crippen LogP contribution in [0.4, 0.5) is 19.1 Å². The molecule has 3 heterocycles. The van der Waals surface area contributed by atoms with E-state index >= 15 is 0 Å². The molecule has 3 aromatic heterocycles. The molecule has 6 rings (SSSR count). The van der Waals surface area contributed by atoms with Crippen LogP contribution in [0.2, 0.25) is 0 Å². The van der Waals surface area contributed by atoms with E-state index in [0.717, 1.165) is 50.6 Å². The molecule has 9 nitrogen and oxygen atoms in total. The van der Waals surface area contributed by atoms with Gasteiger partial charge in [0.05, 0.1) is 18.8 Å². The molecule has 0 aromatic carbocycles. The lowest BCUT2D eigenvalue weighted by atomic mass is 9.82. The summed E-state index contributed by atoms with van der Waals surface area (Å²) < 4.78 is 48.0. The number of hydrogen-bond donors (Lipinski definition) is 1. The van der Waals surface area contributed by atoms with E-state index in [2.05, 4.69) is 37.3 Å². The first-order valence-corrected chi connectivity index (χ1v) is 14.7. The highest BCUT2D eigenvalue weighted by atomic mass is 19.4. The number of anilines is 1. The Morgan fingerprint density at radius 2 is 1.71 bits per heavy atom. The molecule has 3 aliphatic rings. The Balaban J connectivity index is 1.22. The average Bonchev–Trinajstić information content (AvgIpc) is 3.54. The first-order valence-electron chi connectivity index (χ1n) is 14.7. The van der Waals surface area contributed by atoms with E-state index in [-0.39, 0.29) is 18.0 Å². The number of nitrogens with zero attached hydrogens (tertiary/aromatic N) is 7. The molecule has 220 valence electrons. The normalized spacial score (nSPS) is 25.3. The molecule has 0 radical (unpaired) electrons. The van der Waals surface area contributed by atoms with Gasteiger partial charge in [-0.05, 0) is 81.6 Å². The fourth-order valence-corrected chi connectivity index (χ4v) is 7.06. The van der Waals surface area contributed by atoms with Crippen LogP contribution in [0.25, 0.3) is 11.4 Å². The number of alkyl halides is 3. The molecular weight excluding hydrogens is 533 g/mol. The van der Waals surface area contributed by atoms with E-state index < -0.39 is 11.9 Å². The topological polar surface area (TPSA) is 104 Å². The number of methoxy groups -OCH3 is 1. The van der Waals surface area contributed by atoms with Crippen molar-refractivity contribution in [2.24, 2.45) is 17.8 Å². The minimum atomic E-state index is -4.45. The van der Waals surface area contributed by atoms with Crippen LogP contribution in [-0.2, 0) is 6.18 Å². The zero-order valence-corrected chi connectivity index (χ0v) is 23.9. The third kappa shape index (κ3) is 5.49. The standard InChI is InChI=1S/C29H37F3N8O/c1-15(2)22-12-23(29(30,31)32)39-40(22)21-10-9-20(18-7-8-19(21)11-18)16(3)37-28-36-14-34-26(38-28)24-25(17-5-6-17)33-13-35-27(24)41-4/h12-21H,5-11H2,1-4H3,(H,34,36,37,38)/t16-,18?,19?,20?,21?/m1/s1. The second-order valence-electron chi connectivity index (χ2n) is 12.2. The molecule has 0 amide bonds. The molecule has 0 spiro atoms. The summed E-state index contributed by atoms with van der Waals surface area (Å²) in [4.78, 5) is 22.4. The zero-order chi connectivity index (χ0) is 28.9. The van der Waals surface area contributed by atoms with Gasteiger partial charge in [0.1, 0.15) is 18.2 Å². The summed E-state index contributed by atoms with van der Waals surface area (Å²) in [5.74, 6) is 2.88. The quantitative estimate of drug-likeness (QED) is 0.331. The van der Waals surface area contributed by atoms with Gasteiger partial charge >= 0.3 is 6.18 Å². The molecule has 0 aliphatic heterocycles. The fraction of sp³-hybridized carbons (Fsp3) is 0.655. The summed E-state index contributed by atoms with van der Waals surface area (Å²) in [6.07, 6.45) is 5.45. The van der Waals surface area contributed by atoms with Crippen LogP contribution in [0.1, 0.15) is 101 Å². The maximum Gasteiger partial charge on any atom is 0.435 e. The molecule has 1 N–H and O–H groups in total. The predicted molar refractivity (Wildman–Crippen MR) is 146 cm³/mol. The van der Waals surface area contributed by atoms with E-state index in [1.807, 2.05) is 13.8 Å². The van der Waals surface area contributed by atoms with Gasteiger partial charge in [-0.2, -0.15) is 23.3 Å². The van der Waals surface area contributed by atoms with Crippen molar-refractivity contribution in [3.05, 3.63) is 35.8 Å². The van der Waals surface area contributed by atoms with Crippen LogP contribution in [0.15, 0.2) is 18.7 Å². The lowest BCUT2D eigenvalue weighted by molar-refractivity contribution is -0.141. The first-order chi connectivity index (χ1) is 19.6. The van der Waals surface area contributed by atoms with Crippen molar-refractivity contribution in [2.45, 2.75) is 95.8 Å². The van der Waals surface area contributed by atoms with Crippen molar-refractivity contribution >= 4 is 5.95 Å². The predicted octanol–water partition coefficient (Wildman–Crippen LogP) is 6.42. The third-order valence-electron chi connectivity index (χ3n) is 9.21. The molecule has 0 saturated heterocycles. The summed E-state index contributed by atoms with van der Waals surface area (Å²) in [5.41, 5.74) is 1.49. The Kier molecular flexibility index (Phi) is 7.35. The number of fused-ring (bicyclic) bond motifs is 2. The smallest absolute Gasteiger partial charge is 0.435 e. The Bertz CT molecular complexity index is 1390. The van der Waals surface area contributed by atoms with Crippen molar-refractivity contribution in [3.63, 3.8) is 0 Å². The Labute approximate surface area is 237 Å². The molecule has 3 aliphatic carbocycles. The van der Waals surface area contributed by atoms with Crippen molar-refractivity contribution in [1.29, 1.82) is 0 Å². The highest BCUT2D eigenvalue weighted by Crippen LogP contribution is 2.50. The summed E-state index contributed by atoms with van der Waals surface area (Å²) in [6, 6.07) is 1.28. The third-order valence-corrected chi connectivity index (χ3v) is 9.21. The van der Waals surface area contributed by atoms with E-state index in [0.29, 0.717) is 52.6 Å². The number of nitrogens with one attached hydrogen (secondary N) is 1. The average molecular weight is 571 g/mol. The van der Waals surface area contributed by atoms with Crippen molar-refractivity contribution < 1.29 is 17.9 Å². The van der Waals surface area contributed by atoms with Gasteiger partial charge in [0.15, 0.2) is 11.5 Å². The lowest BCUT2D eigenvalue weighted by Gasteiger charge is -2.30. The first kappa shape index (κ1) is 27.8. The monoisotopic (exact) mass is 570 g/mol. The van der Waals surface area contributed by atoms with Crippen LogP contribution >= 0.6 is 0 Å². The highest BCUT2D eigenvalue weighted by molar-refractivity contribution is 5.66. The van der Waals surface area contributed by atoms with E-state index in [1.165, 1.54) is 18.7 Å². The molecular formula is C29H37F3N8O. The summed E-state index contributed by atoms with van der Waals surface area (Å²) >= 11 is 0. The summed E-state index contributed by atoms with van der Waals surface area (Å²) in [6.45, 7) is 6.02. The van der Waals surface area contributed by atoms with Crippen LogP contribution in [-0.4, -0.2) is 47.9 Å². The second kappa shape index (κ2) is 10.8. The molecule has 3 aromatic rings. The Morgan fingerprint density at radius 1 is 0.951 bits per heavy atom. The number of rotatable bonds is 8. The van der Waals surface area contributed by atoms with Crippen LogP contribution < -0.4 is 10.1 Å². The highest BCUT2D eigenvalue weighted by Gasteiger charge is 2.43. The van der Waals surface area contributed by atoms with Crippen molar-refractivity contribution in [1.82, 2.24) is 34.7 Å². The largest absolute Gasteiger partial charge is 0.480 e.